The van der Waals surface area contributed by atoms with Crippen LogP contribution in [0.25, 0.3) is 0 Å². The highest BCUT2D eigenvalue weighted by atomic mass is 35.5. The van der Waals surface area contributed by atoms with Gasteiger partial charge in [0.2, 0.25) is 5.95 Å². The summed E-state index contributed by atoms with van der Waals surface area (Å²) in [5.41, 5.74) is 11.2. The molecule has 1 aliphatic carbocycles. The Morgan fingerprint density at radius 2 is 2.11 bits per heavy atom. The quantitative estimate of drug-likeness (QED) is 0.487. The van der Waals surface area contributed by atoms with Gasteiger partial charge in [0, 0.05) is 12.5 Å². The molecule has 19 heavy (non-hydrogen) atoms. The normalized spacial score (nSPS) is 30.5. The van der Waals surface area contributed by atoms with E-state index in [1.165, 1.54) is 0 Å². The second-order valence-electron chi connectivity index (χ2n) is 4.50. The lowest BCUT2D eigenvalue weighted by Gasteiger charge is -2.18. The molecule has 2 rings (SSSR count). The third-order valence-electron chi connectivity index (χ3n) is 3.22. The van der Waals surface area contributed by atoms with Crippen molar-refractivity contribution in [2.45, 2.75) is 24.7 Å². The Labute approximate surface area is 113 Å². The van der Waals surface area contributed by atoms with E-state index in [2.05, 4.69) is 15.3 Å². The number of hydrogen-bond acceptors (Lipinski definition) is 7. The molecule has 0 aliphatic heterocycles. The third-order valence-corrected chi connectivity index (χ3v) is 3.51. The Hall–Kier alpha value is -1.38. The van der Waals surface area contributed by atoms with Gasteiger partial charge >= 0.3 is 0 Å². The van der Waals surface area contributed by atoms with E-state index in [-0.39, 0.29) is 35.6 Å². The van der Waals surface area contributed by atoms with Crippen molar-refractivity contribution in [3.05, 3.63) is 5.15 Å². The first-order valence-electron chi connectivity index (χ1n) is 5.72. The molecule has 1 heterocycles. The number of nitrogens with one attached hydrogen (secondary N) is 1. The predicted molar refractivity (Wildman–Crippen MR) is 69.4 cm³/mol. The Kier molecular flexibility index (Phi) is 3.93. The first-order chi connectivity index (χ1) is 8.93. The number of nitrogens with two attached hydrogens (primary N) is 2. The van der Waals surface area contributed by atoms with E-state index < -0.39 is 24.2 Å². The van der Waals surface area contributed by atoms with E-state index in [9.17, 15) is 9.50 Å². The number of hydrogen-bond donors (Lipinski definition) is 5. The van der Waals surface area contributed by atoms with E-state index in [4.69, 9.17) is 28.2 Å². The zero-order valence-electron chi connectivity index (χ0n) is 9.92. The molecule has 0 saturated heterocycles. The minimum absolute atomic E-state index is 0.0253. The van der Waals surface area contributed by atoms with Gasteiger partial charge in [-0.2, -0.15) is 9.97 Å². The molecule has 1 saturated carbocycles. The lowest BCUT2D eigenvalue weighted by molar-refractivity contribution is 0.0444. The summed E-state index contributed by atoms with van der Waals surface area (Å²) >= 11 is 5.75. The van der Waals surface area contributed by atoms with Crippen molar-refractivity contribution in [3.8, 4) is 0 Å². The maximum atomic E-state index is 13.9. The molecule has 106 valence electrons. The summed E-state index contributed by atoms with van der Waals surface area (Å²) in [5.74, 6) is -0.492. The molecule has 7 nitrogen and oxygen atoms in total. The number of nitrogens with zero attached hydrogens (tertiary/aromatic N) is 2. The van der Waals surface area contributed by atoms with Crippen LogP contribution in [0.5, 0.6) is 0 Å². The smallest absolute Gasteiger partial charge is 0.223 e. The van der Waals surface area contributed by atoms with Crippen molar-refractivity contribution < 1.29 is 14.6 Å². The number of anilines is 3. The highest BCUT2D eigenvalue weighted by Gasteiger charge is 2.42. The third kappa shape index (κ3) is 2.65. The van der Waals surface area contributed by atoms with Gasteiger partial charge in [0.1, 0.15) is 11.9 Å². The molecule has 1 aliphatic rings. The summed E-state index contributed by atoms with van der Waals surface area (Å²) in [7, 11) is 0. The van der Waals surface area contributed by atoms with Crippen molar-refractivity contribution in [1.29, 1.82) is 0 Å². The fourth-order valence-corrected chi connectivity index (χ4v) is 2.33. The molecular weight excluding hydrogens is 277 g/mol. The lowest BCUT2D eigenvalue weighted by Crippen LogP contribution is -2.32. The van der Waals surface area contributed by atoms with Crippen LogP contribution in [0.4, 0.5) is 21.8 Å². The van der Waals surface area contributed by atoms with Crippen LogP contribution in [0.1, 0.15) is 6.42 Å². The van der Waals surface area contributed by atoms with Gasteiger partial charge < -0.3 is 27.0 Å². The van der Waals surface area contributed by atoms with E-state index in [0.29, 0.717) is 0 Å². The monoisotopic (exact) mass is 291 g/mol. The molecular formula is C10H15ClFN5O2. The van der Waals surface area contributed by atoms with Crippen LogP contribution >= 0.6 is 11.6 Å². The summed E-state index contributed by atoms with van der Waals surface area (Å²) in [6, 6.07) is -0.722. The van der Waals surface area contributed by atoms with Crippen molar-refractivity contribution in [1.82, 2.24) is 9.97 Å². The SMILES string of the molecule is Nc1nc(Cl)c(N)c(N[C@H]2C[C@H](CO)[C@@H](O)[C@@H]2F)n1. The number of alkyl halides is 1. The average Bonchev–Trinajstić information content (AvgIpc) is 2.63. The fourth-order valence-electron chi connectivity index (χ4n) is 2.16. The van der Waals surface area contributed by atoms with Gasteiger partial charge in [-0.25, -0.2) is 4.39 Å². The summed E-state index contributed by atoms with van der Waals surface area (Å²) < 4.78 is 13.9. The Morgan fingerprint density at radius 3 is 2.68 bits per heavy atom. The Balaban J connectivity index is 2.18. The van der Waals surface area contributed by atoms with Crippen LogP contribution in [-0.4, -0.2) is 45.1 Å². The summed E-state index contributed by atoms with van der Waals surface area (Å²) in [6.45, 7) is -0.290. The van der Waals surface area contributed by atoms with E-state index in [1.54, 1.807) is 0 Å². The van der Waals surface area contributed by atoms with Crippen molar-refractivity contribution >= 4 is 29.1 Å². The number of aliphatic hydroxyl groups is 2. The molecule has 0 aromatic carbocycles. The lowest BCUT2D eigenvalue weighted by atomic mass is 10.1. The molecule has 0 amide bonds. The first-order valence-corrected chi connectivity index (χ1v) is 6.09. The average molecular weight is 292 g/mol. The first kappa shape index (κ1) is 14.0. The Bertz CT molecular complexity index is 477. The van der Waals surface area contributed by atoms with Gasteiger partial charge in [0.05, 0.1) is 12.1 Å². The maximum Gasteiger partial charge on any atom is 0.223 e. The maximum absolute atomic E-state index is 13.9. The van der Waals surface area contributed by atoms with Crippen LogP contribution in [0.15, 0.2) is 0 Å². The molecule has 7 N–H and O–H groups in total. The summed E-state index contributed by atoms with van der Waals surface area (Å²) in [6.07, 6.45) is -2.51. The van der Waals surface area contributed by atoms with Gasteiger partial charge in [-0.1, -0.05) is 11.6 Å². The molecule has 0 unspecified atom stereocenters. The number of nitrogen functional groups attached to an aromatic ring is 2. The molecule has 1 aromatic heterocycles. The second-order valence-corrected chi connectivity index (χ2v) is 4.86. The fraction of sp³-hybridized carbons (Fsp3) is 0.600. The van der Waals surface area contributed by atoms with E-state index in [0.717, 1.165) is 0 Å². The summed E-state index contributed by atoms with van der Waals surface area (Å²) in [5, 5.41) is 21.4. The van der Waals surface area contributed by atoms with Gasteiger partial charge in [-0.05, 0) is 6.42 Å². The van der Waals surface area contributed by atoms with Gasteiger partial charge in [0.15, 0.2) is 11.0 Å². The van der Waals surface area contributed by atoms with Crippen LogP contribution in [0.2, 0.25) is 5.15 Å². The number of rotatable bonds is 3. The Morgan fingerprint density at radius 1 is 1.42 bits per heavy atom. The second kappa shape index (κ2) is 5.32. The molecule has 0 spiro atoms. The van der Waals surface area contributed by atoms with Crippen LogP contribution in [0, 0.1) is 5.92 Å². The minimum Gasteiger partial charge on any atom is -0.396 e. The molecule has 0 radical (unpaired) electrons. The van der Waals surface area contributed by atoms with E-state index >= 15 is 0 Å². The molecule has 1 aromatic rings. The summed E-state index contributed by atoms with van der Waals surface area (Å²) in [4.78, 5) is 7.50. The van der Waals surface area contributed by atoms with Crippen LogP contribution in [0.3, 0.4) is 0 Å². The predicted octanol–water partition coefficient (Wildman–Crippen LogP) is -0.214. The van der Waals surface area contributed by atoms with Crippen molar-refractivity contribution in [2.24, 2.45) is 5.92 Å². The molecule has 0 bridgehead atoms. The van der Waals surface area contributed by atoms with E-state index in [1.807, 2.05) is 0 Å². The topological polar surface area (TPSA) is 130 Å². The molecule has 4 atom stereocenters. The zero-order chi connectivity index (χ0) is 14.2. The van der Waals surface area contributed by atoms with Gasteiger partial charge in [-0.15, -0.1) is 0 Å². The highest BCUT2D eigenvalue weighted by molar-refractivity contribution is 6.32. The largest absolute Gasteiger partial charge is 0.396 e. The van der Waals surface area contributed by atoms with Crippen molar-refractivity contribution in [2.75, 3.05) is 23.4 Å². The zero-order valence-corrected chi connectivity index (χ0v) is 10.7. The van der Waals surface area contributed by atoms with Gasteiger partial charge in [0.25, 0.3) is 0 Å². The highest BCUT2D eigenvalue weighted by Crippen LogP contribution is 2.33. The standard InChI is InChI=1S/C10H15ClFN5O2/c11-8-6(13)9(17-10(14)16-8)15-4-1-3(2-18)7(19)5(4)12/h3-5,7,18-19H,1-2,13H2,(H3,14,15,16,17)/t3-,4+,5-,7-/m1/s1. The number of aromatic nitrogens is 2. The van der Waals surface area contributed by atoms with Crippen LogP contribution < -0.4 is 16.8 Å². The van der Waals surface area contributed by atoms with Crippen molar-refractivity contribution in [3.63, 3.8) is 0 Å². The van der Waals surface area contributed by atoms with Gasteiger partial charge in [-0.3, -0.25) is 0 Å². The van der Waals surface area contributed by atoms with Crippen LogP contribution in [-0.2, 0) is 0 Å². The molecule has 9 heteroatoms. The number of halogens is 2. The molecule has 1 fully saturated rings. The minimum atomic E-state index is -1.54. The number of aliphatic hydroxyl groups excluding tert-OH is 2.